The molecule has 6 heteroatoms. The molecule has 24 heavy (non-hydrogen) atoms. The molecule has 1 heterocycles. The van der Waals surface area contributed by atoms with E-state index in [0.717, 1.165) is 0 Å². The van der Waals surface area contributed by atoms with Gasteiger partial charge in [-0.1, -0.05) is 35.9 Å². The summed E-state index contributed by atoms with van der Waals surface area (Å²) in [5.41, 5.74) is 0.00156. The Labute approximate surface area is 143 Å². The summed E-state index contributed by atoms with van der Waals surface area (Å²) < 4.78 is 11.3. The molecule has 5 nitrogen and oxygen atoms in total. The van der Waals surface area contributed by atoms with Gasteiger partial charge in [0.25, 0.3) is 0 Å². The van der Waals surface area contributed by atoms with Crippen molar-refractivity contribution in [1.82, 2.24) is 4.98 Å². The van der Waals surface area contributed by atoms with E-state index in [1.165, 1.54) is 12.1 Å². The van der Waals surface area contributed by atoms with Gasteiger partial charge < -0.3 is 14.6 Å². The first-order chi connectivity index (χ1) is 11.6. The summed E-state index contributed by atoms with van der Waals surface area (Å²) in [6.07, 6.45) is 0. The fourth-order valence-corrected chi connectivity index (χ4v) is 2.20. The average Bonchev–Trinajstić information content (AvgIpc) is 2.55. The van der Waals surface area contributed by atoms with Gasteiger partial charge in [-0.05, 0) is 30.3 Å². The second-order valence-corrected chi connectivity index (χ2v) is 5.20. The van der Waals surface area contributed by atoms with Gasteiger partial charge in [-0.2, -0.15) is 0 Å². The lowest BCUT2D eigenvalue weighted by molar-refractivity contribution is 0.0696. The topological polar surface area (TPSA) is 68.7 Å². The van der Waals surface area contributed by atoms with Crippen molar-refractivity contribution >= 4 is 17.6 Å². The van der Waals surface area contributed by atoms with E-state index >= 15 is 0 Å². The number of pyridine rings is 1. The predicted octanol–water partition coefficient (Wildman–Crippen LogP) is 5.02. The molecule has 0 amide bonds. The summed E-state index contributed by atoms with van der Waals surface area (Å²) in [5.74, 6) is 0.722. The number of aromatic carboxylic acids is 1. The van der Waals surface area contributed by atoms with E-state index in [-0.39, 0.29) is 16.6 Å². The van der Waals surface area contributed by atoms with Crippen molar-refractivity contribution in [2.45, 2.75) is 0 Å². The lowest BCUT2D eigenvalue weighted by atomic mass is 10.3. The summed E-state index contributed by atoms with van der Waals surface area (Å²) in [5, 5.41) is 9.09. The maximum atomic E-state index is 11.1. The summed E-state index contributed by atoms with van der Waals surface area (Å²) in [7, 11) is 0. The molecule has 0 aliphatic heterocycles. The van der Waals surface area contributed by atoms with E-state index in [2.05, 4.69) is 4.98 Å². The predicted molar refractivity (Wildman–Crippen MR) is 89.2 cm³/mol. The molecule has 3 rings (SSSR count). The van der Waals surface area contributed by atoms with Crippen LogP contribution in [0.3, 0.4) is 0 Å². The number of benzene rings is 2. The molecule has 0 bridgehead atoms. The zero-order chi connectivity index (χ0) is 16.9. The number of nitrogens with zero attached hydrogens (tertiary/aromatic N) is 1. The van der Waals surface area contributed by atoms with E-state index < -0.39 is 5.97 Å². The van der Waals surface area contributed by atoms with Crippen LogP contribution in [0.5, 0.6) is 23.1 Å². The van der Waals surface area contributed by atoms with Crippen molar-refractivity contribution in [3.63, 3.8) is 0 Å². The highest BCUT2D eigenvalue weighted by Gasteiger charge is 2.09. The highest BCUT2D eigenvalue weighted by atomic mass is 35.5. The minimum absolute atomic E-state index is 0.00156. The quantitative estimate of drug-likeness (QED) is 0.660. The third kappa shape index (κ3) is 4.02. The number of carboxylic acid groups (broad SMARTS) is 1. The molecule has 0 unspecified atom stereocenters. The smallest absolute Gasteiger partial charge is 0.335 e. The molecule has 1 aromatic heterocycles. The number of carbonyl (C=O) groups is 1. The lowest BCUT2D eigenvalue weighted by Gasteiger charge is -2.09. The Kier molecular flexibility index (Phi) is 4.63. The SMILES string of the molecule is O=C(O)c1cc(Cl)nc(Oc2cccc(Oc3ccccc3)c2)c1. The molecule has 0 saturated heterocycles. The summed E-state index contributed by atoms with van der Waals surface area (Å²) in [4.78, 5) is 15.0. The molecule has 0 radical (unpaired) electrons. The first kappa shape index (κ1) is 15.8. The van der Waals surface area contributed by atoms with Crippen LogP contribution < -0.4 is 9.47 Å². The van der Waals surface area contributed by atoms with Gasteiger partial charge in [0, 0.05) is 12.1 Å². The van der Waals surface area contributed by atoms with Crippen LogP contribution in [0.1, 0.15) is 10.4 Å². The minimum Gasteiger partial charge on any atom is -0.478 e. The molecule has 0 fully saturated rings. The van der Waals surface area contributed by atoms with Crippen molar-refractivity contribution in [2.24, 2.45) is 0 Å². The number of para-hydroxylation sites is 1. The van der Waals surface area contributed by atoms with Gasteiger partial charge in [0.1, 0.15) is 22.4 Å². The van der Waals surface area contributed by atoms with Gasteiger partial charge in [-0.15, -0.1) is 0 Å². The normalized spacial score (nSPS) is 10.2. The Morgan fingerprint density at radius 1 is 0.875 bits per heavy atom. The fraction of sp³-hybridized carbons (Fsp3) is 0. The van der Waals surface area contributed by atoms with Crippen LogP contribution in [0.2, 0.25) is 5.15 Å². The number of halogens is 1. The Hall–Kier alpha value is -3.05. The molecule has 0 atom stereocenters. The monoisotopic (exact) mass is 341 g/mol. The molecule has 2 aromatic carbocycles. The third-order valence-corrected chi connectivity index (χ3v) is 3.22. The molecule has 1 N–H and O–H groups in total. The second-order valence-electron chi connectivity index (χ2n) is 4.81. The van der Waals surface area contributed by atoms with Crippen LogP contribution in [0, 0.1) is 0 Å². The largest absolute Gasteiger partial charge is 0.478 e. The maximum Gasteiger partial charge on any atom is 0.335 e. The Morgan fingerprint density at radius 3 is 2.25 bits per heavy atom. The number of carboxylic acids is 1. The summed E-state index contributed by atoms with van der Waals surface area (Å²) in [6.45, 7) is 0. The lowest BCUT2D eigenvalue weighted by Crippen LogP contribution is -1.98. The van der Waals surface area contributed by atoms with Gasteiger partial charge in [0.2, 0.25) is 5.88 Å². The molecule has 120 valence electrons. The first-order valence-electron chi connectivity index (χ1n) is 7.02. The van der Waals surface area contributed by atoms with Crippen LogP contribution in [0.15, 0.2) is 66.7 Å². The highest BCUT2D eigenvalue weighted by molar-refractivity contribution is 6.29. The standard InChI is InChI=1S/C18H12ClNO4/c19-16-9-12(18(21)22)10-17(20-16)24-15-8-4-7-14(11-15)23-13-5-2-1-3-6-13/h1-11H,(H,21,22). The Morgan fingerprint density at radius 2 is 1.54 bits per heavy atom. The van der Waals surface area contributed by atoms with Crippen molar-refractivity contribution in [3.05, 3.63) is 77.4 Å². The average molecular weight is 342 g/mol. The van der Waals surface area contributed by atoms with Gasteiger partial charge in [0.15, 0.2) is 0 Å². The zero-order valence-electron chi connectivity index (χ0n) is 12.3. The van der Waals surface area contributed by atoms with E-state index in [4.69, 9.17) is 26.2 Å². The molecule has 0 aliphatic carbocycles. The number of aromatic nitrogens is 1. The van der Waals surface area contributed by atoms with E-state index in [9.17, 15) is 4.79 Å². The molecule has 0 saturated carbocycles. The van der Waals surface area contributed by atoms with Crippen LogP contribution in [-0.2, 0) is 0 Å². The summed E-state index contributed by atoms with van der Waals surface area (Å²) >= 11 is 5.82. The van der Waals surface area contributed by atoms with E-state index in [1.54, 1.807) is 24.3 Å². The van der Waals surface area contributed by atoms with Crippen molar-refractivity contribution in [1.29, 1.82) is 0 Å². The van der Waals surface area contributed by atoms with Gasteiger partial charge >= 0.3 is 5.97 Å². The molecule has 0 spiro atoms. The summed E-state index contributed by atoms with van der Waals surface area (Å²) in [6, 6.07) is 18.8. The Bertz CT molecular complexity index is 868. The highest BCUT2D eigenvalue weighted by Crippen LogP contribution is 2.28. The van der Waals surface area contributed by atoms with Gasteiger partial charge in [-0.3, -0.25) is 0 Å². The van der Waals surface area contributed by atoms with E-state index in [0.29, 0.717) is 17.2 Å². The number of hydrogen-bond donors (Lipinski definition) is 1. The molecular formula is C18H12ClNO4. The van der Waals surface area contributed by atoms with Crippen molar-refractivity contribution < 1.29 is 19.4 Å². The Balaban J connectivity index is 1.81. The molecule has 0 aliphatic rings. The number of ether oxygens (including phenoxy) is 2. The van der Waals surface area contributed by atoms with Crippen LogP contribution >= 0.6 is 11.6 Å². The van der Waals surface area contributed by atoms with Gasteiger partial charge in [-0.25, -0.2) is 9.78 Å². The zero-order valence-corrected chi connectivity index (χ0v) is 13.1. The van der Waals surface area contributed by atoms with Crippen LogP contribution in [-0.4, -0.2) is 16.1 Å². The first-order valence-corrected chi connectivity index (χ1v) is 7.40. The molecule has 3 aromatic rings. The molecular weight excluding hydrogens is 330 g/mol. The van der Waals surface area contributed by atoms with E-state index in [1.807, 2.05) is 30.3 Å². The van der Waals surface area contributed by atoms with Crippen LogP contribution in [0.4, 0.5) is 0 Å². The second kappa shape index (κ2) is 7.02. The minimum atomic E-state index is -1.11. The van der Waals surface area contributed by atoms with Crippen molar-refractivity contribution in [2.75, 3.05) is 0 Å². The van der Waals surface area contributed by atoms with Gasteiger partial charge in [0.05, 0.1) is 5.56 Å². The van der Waals surface area contributed by atoms with Crippen LogP contribution in [0.25, 0.3) is 0 Å². The maximum absolute atomic E-state index is 11.1. The van der Waals surface area contributed by atoms with Crippen molar-refractivity contribution in [3.8, 4) is 23.1 Å². The fourth-order valence-electron chi connectivity index (χ4n) is 2.00. The number of rotatable bonds is 5. The number of hydrogen-bond acceptors (Lipinski definition) is 4. The third-order valence-electron chi connectivity index (χ3n) is 3.02.